The van der Waals surface area contributed by atoms with Crippen LogP contribution in [0.25, 0.3) is 15.9 Å². The normalized spacial score (nSPS) is 22.7. The Kier molecular flexibility index (Phi) is 6.18. The van der Waals surface area contributed by atoms with Gasteiger partial charge in [0.15, 0.2) is 11.6 Å². The summed E-state index contributed by atoms with van der Waals surface area (Å²) in [6.07, 6.45) is -1.09. The van der Waals surface area contributed by atoms with Crippen molar-refractivity contribution in [2.45, 2.75) is 31.5 Å². The number of aromatic nitrogens is 3. The fourth-order valence-corrected chi connectivity index (χ4v) is 4.84. The average Bonchev–Trinajstić information content (AvgIpc) is 3.39. The van der Waals surface area contributed by atoms with Crippen LogP contribution in [0.4, 0.5) is 41.0 Å². The number of rotatable bonds is 5. The minimum absolute atomic E-state index is 0.0509. The minimum atomic E-state index is -3.08. The molecule has 3 atom stereocenters. The van der Waals surface area contributed by atoms with Gasteiger partial charge in [0.25, 0.3) is 5.92 Å². The number of imidazole rings is 1. The second kappa shape index (κ2) is 9.25. The number of hydrogen-bond acceptors (Lipinski definition) is 7. The number of ether oxygens (including phenoxy) is 1. The number of alkyl halides is 2. The van der Waals surface area contributed by atoms with E-state index >= 15 is 0 Å². The number of cyclic esters (lactones) is 1. The number of fused-ring (bicyclic) bond motifs is 1. The van der Waals surface area contributed by atoms with Gasteiger partial charge in [-0.05, 0) is 24.3 Å². The minimum Gasteiger partial charge on any atom is -0.442 e. The largest absolute Gasteiger partial charge is 0.442 e. The Hall–Kier alpha value is -4.25. The number of amides is 1. The van der Waals surface area contributed by atoms with Crippen LogP contribution in [0.5, 0.6) is 0 Å². The van der Waals surface area contributed by atoms with Crippen molar-refractivity contribution in [1.29, 1.82) is 0 Å². The molecule has 3 aromatic rings. The third-order valence-electron chi connectivity index (χ3n) is 6.96. The summed E-state index contributed by atoms with van der Waals surface area (Å²) < 4.78 is 51.6. The van der Waals surface area contributed by atoms with Gasteiger partial charge in [0.1, 0.15) is 11.9 Å². The zero-order valence-electron chi connectivity index (χ0n) is 20.5. The molecule has 0 spiro atoms. The van der Waals surface area contributed by atoms with E-state index in [1.165, 1.54) is 21.0 Å². The lowest BCUT2D eigenvalue weighted by Crippen LogP contribution is -2.60. The summed E-state index contributed by atoms with van der Waals surface area (Å²) in [4.78, 5) is 33.3. The van der Waals surface area contributed by atoms with Crippen molar-refractivity contribution >= 4 is 40.1 Å². The van der Waals surface area contributed by atoms with Gasteiger partial charge in [-0.1, -0.05) is 6.92 Å². The molecule has 38 heavy (non-hydrogen) atoms. The fraction of sp³-hybridized carbons (Fsp3) is 0.417. The average molecular weight is 531 g/mol. The van der Waals surface area contributed by atoms with Crippen molar-refractivity contribution in [3.63, 3.8) is 0 Å². The van der Waals surface area contributed by atoms with Gasteiger partial charge in [0, 0.05) is 31.7 Å². The molecule has 5 rings (SSSR count). The number of pyridine rings is 1. The third-order valence-corrected chi connectivity index (χ3v) is 6.96. The monoisotopic (exact) mass is 530 g/mol. The highest BCUT2D eigenvalue weighted by Gasteiger charge is 2.48. The summed E-state index contributed by atoms with van der Waals surface area (Å²) in [5.41, 5.74) is 6.78. The number of piperidine rings is 1. The van der Waals surface area contributed by atoms with E-state index < -0.39 is 35.9 Å². The molecule has 1 aromatic carbocycles. The van der Waals surface area contributed by atoms with Crippen molar-refractivity contribution in [3.05, 3.63) is 52.0 Å². The van der Waals surface area contributed by atoms with Crippen molar-refractivity contribution in [2.75, 3.05) is 29.9 Å². The summed E-state index contributed by atoms with van der Waals surface area (Å²) >= 11 is 0. The molecular weight excluding hydrogens is 505 g/mol. The van der Waals surface area contributed by atoms with Crippen molar-refractivity contribution in [2.24, 2.45) is 18.7 Å². The summed E-state index contributed by atoms with van der Waals surface area (Å²) in [6.45, 7) is 8.82. The number of alkyl carbamates (subject to hydrolysis) is 1. The number of aryl methyl sites for hydroxylation is 1. The molecule has 0 unspecified atom stereocenters. The first kappa shape index (κ1) is 25.4. The van der Waals surface area contributed by atoms with Crippen LogP contribution in [0.3, 0.4) is 0 Å². The van der Waals surface area contributed by atoms with Gasteiger partial charge in [-0.25, -0.2) is 32.6 Å². The molecule has 2 aromatic heterocycles. The maximum absolute atomic E-state index is 15.0. The Morgan fingerprint density at radius 1 is 1.29 bits per heavy atom. The highest BCUT2D eigenvalue weighted by molar-refractivity contribution is 5.82. The summed E-state index contributed by atoms with van der Waals surface area (Å²) in [5, 5.41) is 5.42. The van der Waals surface area contributed by atoms with Gasteiger partial charge in [0.05, 0.1) is 36.7 Å². The molecule has 14 heteroatoms. The number of halogens is 3. The molecule has 0 bridgehead atoms. The molecule has 2 aliphatic rings. The molecule has 11 nitrogen and oxygen atoms in total. The number of carbonyl (C=O) groups excluding carboxylic acids is 1. The van der Waals surface area contributed by atoms with Crippen molar-refractivity contribution in [1.82, 2.24) is 19.4 Å². The highest BCUT2D eigenvalue weighted by Crippen LogP contribution is 2.38. The van der Waals surface area contributed by atoms with E-state index in [2.05, 4.69) is 20.5 Å². The lowest BCUT2D eigenvalue weighted by molar-refractivity contribution is -0.0806. The molecule has 2 saturated heterocycles. The summed E-state index contributed by atoms with van der Waals surface area (Å²) in [5.74, 6) is -5.16. The second-order valence-electron chi connectivity index (χ2n) is 9.55. The van der Waals surface area contributed by atoms with Gasteiger partial charge in [-0.15, -0.1) is 0 Å². The maximum atomic E-state index is 15.0. The van der Waals surface area contributed by atoms with E-state index in [-0.39, 0.29) is 49.2 Å². The standard InChI is InChI=1S/C24H25F3N8O3/c1-12-9-34(11-19(28)24(12,26)27)21-16(29-2)7-15(25)20(32-21)31-13-4-5-17-18(6-13)35(23(37)33(17)3)10-14-8-30-22(36)38-14/h4-7,12,14,19H,8-11,28H2,1,3H3,(H,30,36)(H,31,32)/t12-,14+,19+/m1/s1. The fourth-order valence-electron chi connectivity index (χ4n) is 4.84. The van der Waals surface area contributed by atoms with Crippen LogP contribution in [0.1, 0.15) is 6.92 Å². The van der Waals surface area contributed by atoms with Crippen LogP contribution in [0.2, 0.25) is 0 Å². The van der Waals surface area contributed by atoms with Crippen LogP contribution in [0.15, 0.2) is 29.1 Å². The first-order valence-corrected chi connectivity index (χ1v) is 11.9. The quantitative estimate of drug-likeness (QED) is 0.434. The number of nitrogens with zero attached hydrogens (tertiary/aromatic N) is 5. The SMILES string of the molecule is [C-]#[N+]c1cc(F)c(Nc2ccc3c(c2)n(C[C@@H]2CNC(=O)O2)c(=O)n3C)nc1N1C[C@@H](C)C(F)(F)[C@@H](N)C1. The van der Waals surface area contributed by atoms with E-state index in [9.17, 15) is 22.8 Å². The van der Waals surface area contributed by atoms with E-state index in [0.29, 0.717) is 16.7 Å². The predicted molar refractivity (Wildman–Crippen MR) is 133 cm³/mol. The zero-order chi connectivity index (χ0) is 27.4. The zero-order valence-corrected chi connectivity index (χ0v) is 20.5. The number of carbonyl (C=O) groups is 1. The highest BCUT2D eigenvalue weighted by atomic mass is 19.3. The summed E-state index contributed by atoms with van der Waals surface area (Å²) in [7, 11) is 1.61. The van der Waals surface area contributed by atoms with Gasteiger partial charge in [-0.3, -0.25) is 9.13 Å². The van der Waals surface area contributed by atoms with E-state index in [1.54, 1.807) is 25.2 Å². The number of hydrogen-bond donors (Lipinski definition) is 3. The Morgan fingerprint density at radius 3 is 2.71 bits per heavy atom. The van der Waals surface area contributed by atoms with Crippen LogP contribution < -0.4 is 27.0 Å². The molecule has 200 valence electrons. The Morgan fingerprint density at radius 2 is 2.05 bits per heavy atom. The van der Waals surface area contributed by atoms with Crippen molar-refractivity contribution in [3.8, 4) is 0 Å². The first-order valence-electron chi connectivity index (χ1n) is 11.9. The Bertz CT molecular complexity index is 1510. The van der Waals surface area contributed by atoms with Gasteiger partial charge < -0.3 is 26.0 Å². The van der Waals surface area contributed by atoms with Crippen LogP contribution >= 0.6 is 0 Å². The van der Waals surface area contributed by atoms with Crippen LogP contribution in [-0.4, -0.2) is 57.9 Å². The van der Waals surface area contributed by atoms with E-state index in [1.807, 2.05) is 0 Å². The lowest BCUT2D eigenvalue weighted by atomic mass is 9.91. The second-order valence-corrected chi connectivity index (χ2v) is 9.55. The van der Waals surface area contributed by atoms with Crippen LogP contribution in [-0.2, 0) is 18.3 Å². The Labute approximate surface area is 214 Å². The number of benzene rings is 1. The predicted octanol–water partition coefficient (Wildman–Crippen LogP) is 2.70. The lowest BCUT2D eigenvalue weighted by Gasteiger charge is -2.41. The molecule has 2 fully saturated rings. The van der Waals surface area contributed by atoms with E-state index in [4.69, 9.17) is 17.0 Å². The molecule has 0 radical (unpaired) electrons. The van der Waals surface area contributed by atoms with Gasteiger partial charge >= 0.3 is 11.8 Å². The Balaban J connectivity index is 1.48. The molecule has 4 N–H and O–H groups in total. The number of nitrogens with one attached hydrogen (secondary N) is 2. The molecule has 0 saturated carbocycles. The molecule has 4 heterocycles. The maximum Gasteiger partial charge on any atom is 0.407 e. The smallest absolute Gasteiger partial charge is 0.407 e. The third kappa shape index (κ3) is 4.28. The molecular formula is C24H25F3N8O3. The topological polar surface area (TPSA) is 124 Å². The van der Waals surface area contributed by atoms with Gasteiger partial charge in [0.2, 0.25) is 5.69 Å². The van der Waals surface area contributed by atoms with Crippen molar-refractivity contribution < 1.29 is 22.7 Å². The van der Waals surface area contributed by atoms with Gasteiger partial charge in [-0.2, -0.15) is 0 Å². The summed E-state index contributed by atoms with van der Waals surface area (Å²) in [6, 6.07) is 4.46. The number of nitrogens with two attached hydrogens (primary N) is 1. The first-order chi connectivity index (χ1) is 18.0. The molecule has 1 amide bonds. The molecule has 2 aliphatic heterocycles. The van der Waals surface area contributed by atoms with E-state index in [0.717, 1.165) is 6.07 Å². The molecule has 0 aliphatic carbocycles. The number of anilines is 3. The van der Waals surface area contributed by atoms with Crippen LogP contribution in [0, 0.1) is 18.3 Å².